The number of hydrogen-bond acceptors (Lipinski definition) is 6. The average molecular weight is 564 g/mol. The summed E-state index contributed by atoms with van der Waals surface area (Å²) in [5.41, 5.74) is 10.5. The van der Waals surface area contributed by atoms with Crippen molar-refractivity contribution in [2.45, 2.75) is 26.1 Å². The van der Waals surface area contributed by atoms with Gasteiger partial charge in [0.1, 0.15) is 5.69 Å². The van der Waals surface area contributed by atoms with E-state index in [1.807, 2.05) is 24.3 Å². The second-order valence-electron chi connectivity index (χ2n) is 9.29. The number of nitro groups is 1. The molecule has 1 aliphatic rings. The Labute approximate surface area is 235 Å². The highest BCUT2D eigenvalue weighted by Gasteiger charge is 2.30. The van der Waals surface area contributed by atoms with Crippen LogP contribution in [0.4, 0.5) is 30.2 Å². The van der Waals surface area contributed by atoms with Crippen LogP contribution in [-0.2, 0) is 23.9 Å². The molecule has 0 saturated heterocycles. The van der Waals surface area contributed by atoms with Crippen LogP contribution in [0.2, 0.25) is 0 Å². The van der Waals surface area contributed by atoms with Crippen LogP contribution in [-0.4, -0.2) is 24.0 Å². The van der Waals surface area contributed by atoms with Crippen molar-refractivity contribution in [3.05, 3.63) is 123 Å². The largest absolute Gasteiger partial charge is 0.462 e. The highest BCUT2D eigenvalue weighted by atomic mass is 19.4. The summed E-state index contributed by atoms with van der Waals surface area (Å²) in [5, 5.41) is 11.1. The standard InChI is InChI=1S/C16H13F3O2.C15H15N3O2/c1-2-21-15(20)14-6-4-3-5-13(14)11-7-9-12(10-8-11)16(17,18)19;16-13-6-5-12-10-17(8-7-11(12)9-13)14-3-1-2-4-15(14)18(19)20/h3-10H,2H2,1H3;1-6,9H,7-8,10,16H2. The molecular weight excluding hydrogens is 535 g/mol. The second-order valence-corrected chi connectivity index (χ2v) is 9.29. The molecule has 5 rings (SSSR count). The highest BCUT2D eigenvalue weighted by molar-refractivity contribution is 5.97. The lowest BCUT2D eigenvalue weighted by molar-refractivity contribution is -0.384. The molecule has 0 aromatic heterocycles. The number of halogens is 3. The molecule has 0 spiro atoms. The van der Waals surface area contributed by atoms with Gasteiger partial charge in [0.2, 0.25) is 0 Å². The number of nitro benzene ring substituents is 1. The van der Waals surface area contributed by atoms with Crippen molar-refractivity contribution in [1.82, 2.24) is 0 Å². The van der Waals surface area contributed by atoms with Gasteiger partial charge in [-0.15, -0.1) is 0 Å². The smallest absolute Gasteiger partial charge is 0.416 e. The van der Waals surface area contributed by atoms with Gasteiger partial charge in [-0.2, -0.15) is 13.2 Å². The lowest BCUT2D eigenvalue weighted by Gasteiger charge is -2.30. The molecule has 0 radical (unpaired) electrons. The third-order valence-electron chi connectivity index (χ3n) is 6.61. The number of esters is 1. The minimum atomic E-state index is -4.38. The minimum Gasteiger partial charge on any atom is -0.462 e. The molecule has 1 heterocycles. The fourth-order valence-electron chi connectivity index (χ4n) is 4.62. The van der Waals surface area contributed by atoms with E-state index in [0.717, 1.165) is 30.8 Å². The molecule has 0 fully saturated rings. The van der Waals surface area contributed by atoms with E-state index < -0.39 is 17.7 Å². The van der Waals surface area contributed by atoms with E-state index in [2.05, 4.69) is 4.90 Å². The number of anilines is 2. The third-order valence-corrected chi connectivity index (χ3v) is 6.61. The summed E-state index contributed by atoms with van der Waals surface area (Å²) in [6.07, 6.45) is -3.52. The molecule has 10 heteroatoms. The van der Waals surface area contributed by atoms with Crippen LogP contribution in [0, 0.1) is 10.1 Å². The quantitative estimate of drug-likeness (QED) is 0.119. The molecule has 4 aromatic carbocycles. The van der Waals surface area contributed by atoms with Crippen molar-refractivity contribution in [1.29, 1.82) is 0 Å². The van der Waals surface area contributed by atoms with Crippen LogP contribution in [0.3, 0.4) is 0 Å². The first-order valence-corrected chi connectivity index (χ1v) is 12.9. The van der Waals surface area contributed by atoms with Gasteiger partial charge in [-0.25, -0.2) is 4.79 Å². The Morgan fingerprint density at radius 2 is 1.66 bits per heavy atom. The number of fused-ring (bicyclic) bond motifs is 1. The number of hydrogen-bond donors (Lipinski definition) is 1. The molecule has 0 bridgehead atoms. The summed E-state index contributed by atoms with van der Waals surface area (Å²) < 4.78 is 42.6. The number of benzene rings is 4. The van der Waals surface area contributed by atoms with Gasteiger partial charge in [-0.1, -0.05) is 48.5 Å². The van der Waals surface area contributed by atoms with Crippen molar-refractivity contribution in [3.8, 4) is 11.1 Å². The zero-order valence-electron chi connectivity index (χ0n) is 22.2. The number of alkyl halides is 3. The van der Waals surface area contributed by atoms with Crippen molar-refractivity contribution in [3.63, 3.8) is 0 Å². The third kappa shape index (κ3) is 7.02. The van der Waals surface area contributed by atoms with Crippen molar-refractivity contribution in [2.24, 2.45) is 0 Å². The number of nitrogens with two attached hydrogens (primary N) is 1. The number of rotatable bonds is 5. The maximum absolute atomic E-state index is 12.6. The first-order valence-electron chi connectivity index (χ1n) is 12.9. The summed E-state index contributed by atoms with van der Waals surface area (Å²) >= 11 is 0. The van der Waals surface area contributed by atoms with E-state index in [9.17, 15) is 28.1 Å². The van der Waals surface area contributed by atoms with Crippen molar-refractivity contribution >= 4 is 23.0 Å². The van der Waals surface area contributed by atoms with Gasteiger partial charge in [-0.3, -0.25) is 10.1 Å². The van der Waals surface area contributed by atoms with E-state index in [4.69, 9.17) is 10.5 Å². The molecule has 212 valence electrons. The number of ether oxygens (including phenoxy) is 1. The molecule has 7 nitrogen and oxygen atoms in total. The topological polar surface area (TPSA) is 98.7 Å². The zero-order valence-corrected chi connectivity index (χ0v) is 22.2. The first kappa shape index (κ1) is 29.1. The number of nitrogens with zero attached hydrogens (tertiary/aromatic N) is 2. The Kier molecular flexibility index (Phi) is 8.91. The normalized spacial score (nSPS) is 12.5. The van der Waals surface area contributed by atoms with Gasteiger partial charge >= 0.3 is 12.1 Å². The first-order chi connectivity index (χ1) is 19.6. The van der Waals surface area contributed by atoms with Crippen molar-refractivity contribution < 1.29 is 27.6 Å². The van der Waals surface area contributed by atoms with E-state index >= 15 is 0 Å². The van der Waals surface area contributed by atoms with Crippen LogP contribution in [0.5, 0.6) is 0 Å². The van der Waals surface area contributed by atoms with Crippen LogP contribution in [0.15, 0.2) is 91.0 Å². The fraction of sp³-hybridized carbons (Fsp3) is 0.194. The van der Waals surface area contributed by atoms with Crippen LogP contribution < -0.4 is 10.6 Å². The van der Waals surface area contributed by atoms with Gasteiger partial charge in [-0.05, 0) is 72.0 Å². The lowest BCUT2D eigenvalue weighted by atomic mass is 9.98. The second kappa shape index (κ2) is 12.5. The van der Waals surface area contributed by atoms with E-state index in [0.29, 0.717) is 28.9 Å². The molecule has 0 aliphatic carbocycles. The van der Waals surface area contributed by atoms with Gasteiger partial charge in [0.15, 0.2) is 0 Å². The zero-order chi connectivity index (χ0) is 29.6. The Morgan fingerprint density at radius 1 is 0.976 bits per heavy atom. The molecule has 41 heavy (non-hydrogen) atoms. The number of nitrogen functional groups attached to an aromatic ring is 1. The van der Waals surface area contributed by atoms with E-state index in [1.54, 1.807) is 49.4 Å². The maximum atomic E-state index is 12.6. The molecule has 0 atom stereocenters. The molecule has 1 aliphatic heterocycles. The van der Waals surface area contributed by atoms with Gasteiger partial charge in [0.25, 0.3) is 5.69 Å². The maximum Gasteiger partial charge on any atom is 0.416 e. The van der Waals surface area contributed by atoms with Gasteiger partial charge < -0.3 is 15.4 Å². The van der Waals surface area contributed by atoms with Crippen LogP contribution >= 0.6 is 0 Å². The average Bonchev–Trinajstić information content (AvgIpc) is 2.97. The highest BCUT2D eigenvalue weighted by Crippen LogP contribution is 2.33. The van der Waals surface area contributed by atoms with E-state index in [1.165, 1.54) is 23.3 Å². The van der Waals surface area contributed by atoms with E-state index in [-0.39, 0.29) is 17.2 Å². The number of para-hydroxylation sites is 2. The minimum absolute atomic E-state index is 0.159. The Bertz CT molecular complexity index is 1540. The molecule has 2 N–H and O–H groups in total. The fourth-order valence-corrected chi connectivity index (χ4v) is 4.62. The molecular formula is C31H28F3N3O4. The van der Waals surface area contributed by atoms with Crippen molar-refractivity contribution in [2.75, 3.05) is 23.8 Å². The Hall–Kier alpha value is -4.86. The summed E-state index contributed by atoms with van der Waals surface area (Å²) in [5.74, 6) is -0.493. The van der Waals surface area contributed by atoms with Gasteiger partial charge in [0.05, 0.1) is 22.7 Å². The summed E-state index contributed by atoms with van der Waals surface area (Å²) in [6.45, 7) is 3.38. The number of carbonyl (C=O) groups is 1. The molecule has 4 aromatic rings. The monoisotopic (exact) mass is 563 g/mol. The summed E-state index contributed by atoms with van der Waals surface area (Å²) in [4.78, 5) is 24.7. The predicted octanol–water partition coefficient (Wildman–Crippen LogP) is 7.29. The number of carbonyl (C=O) groups excluding carboxylic acids is 1. The Morgan fingerprint density at radius 3 is 2.34 bits per heavy atom. The SMILES string of the molecule is CCOC(=O)c1ccccc1-c1ccc(C(F)(F)F)cc1.Nc1ccc2c(c1)CCN(c1ccccc1[N+](=O)[O-])C2. The Balaban J connectivity index is 0.000000189. The molecule has 0 amide bonds. The van der Waals surface area contributed by atoms with Crippen LogP contribution in [0.1, 0.15) is 34.0 Å². The lowest BCUT2D eigenvalue weighted by Crippen LogP contribution is -2.30. The molecule has 0 saturated carbocycles. The van der Waals surface area contributed by atoms with Gasteiger partial charge in [0, 0.05) is 24.8 Å². The summed E-state index contributed by atoms with van der Waals surface area (Å²) in [7, 11) is 0. The van der Waals surface area contributed by atoms with Crippen LogP contribution in [0.25, 0.3) is 11.1 Å². The molecule has 0 unspecified atom stereocenters. The summed E-state index contributed by atoms with van der Waals surface area (Å²) in [6, 6.07) is 24.1. The predicted molar refractivity (Wildman–Crippen MR) is 152 cm³/mol.